The maximum atomic E-state index is 13.3. The fourth-order valence-corrected chi connectivity index (χ4v) is 1.06. The van der Waals surface area contributed by atoms with E-state index < -0.39 is 35.5 Å². The van der Waals surface area contributed by atoms with Crippen LogP contribution in [0.1, 0.15) is 17.5 Å². The second kappa shape index (κ2) is 4.87. The molecule has 2 nitrogen and oxygen atoms in total. The lowest BCUT2D eigenvalue weighted by atomic mass is 10.1. The van der Waals surface area contributed by atoms with Crippen LogP contribution in [0, 0.1) is 17.7 Å². The first-order valence-electron chi connectivity index (χ1n) is 4.38. The maximum Gasteiger partial charge on any atom is 0.419 e. The second-order valence-electron chi connectivity index (χ2n) is 3.04. The molecule has 0 amide bonds. The van der Waals surface area contributed by atoms with Gasteiger partial charge in [0.2, 0.25) is 0 Å². The third kappa shape index (κ3) is 3.48. The third-order valence-electron chi connectivity index (χ3n) is 1.77. The second-order valence-corrected chi connectivity index (χ2v) is 3.04. The minimum atomic E-state index is -4.80. The Kier molecular flexibility index (Phi) is 3.73. The van der Waals surface area contributed by atoms with Crippen LogP contribution < -0.4 is 0 Å². The Balaban J connectivity index is 3.10. The smallest absolute Gasteiger partial charge is 0.419 e. The molecule has 0 aliphatic rings. The maximum absolute atomic E-state index is 13.3. The van der Waals surface area contributed by atoms with Gasteiger partial charge in [-0.1, -0.05) is 17.9 Å². The topological polar surface area (TPSA) is 37.3 Å². The van der Waals surface area contributed by atoms with Crippen LogP contribution in [0.2, 0.25) is 0 Å². The molecule has 0 atom stereocenters. The lowest BCUT2D eigenvalue weighted by Crippen LogP contribution is -2.09. The minimum Gasteiger partial charge on any atom is -0.481 e. The van der Waals surface area contributed by atoms with Gasteiger partial charge in [0.05, 0.1) is 11.1 Å². The molecular formula is C11H6F4O2. The van der Waals surface area contributed by atoms with E-state index in [1.807, 2.05) is 0 Å². The highest BCUT2D eigenvalue weighted by atomic mass is 19.4. The number of carboxylic acids is 1. The molecule has 0 fully saturated rings. The van der Waals surface area contributed by atoms with E-state index in [0.29, 0.717) is 6.07 Å². The Morgan fingerprint density at radius 2 is 2.00 bits per heavy atom. The predicted octanol–water partition coefficient (Wildman–Crippen LogP) is 2.67. The number of alkyl halides is 3. The van der Waals surface area contributed by atoms with E-state index in [2.05, 4.69) is 11.8 Å². The van der Waals surface area contributed by atoms with Crippen LogP contribution in [0.4, 0.5) is 17.6 Å². The average molecular weight is 246 g/mol. The summed E-state index contributed by atoms with van der Waals surface area (Å²) in [7, 11) is 0. The van der Waals surface area contributed by atoms with Crippen molar-refractivity contribution in [1.82, 2.24) is 0 Å². The highest BCUT2D eigenvalue weighted by Gasteiger charge is 2.34. The van der Waals surface area contributed by atoms with Crippen molar-refractivity contribution in [3.8, 4) is 11.8 Å². The first-order chi connectivity index (χ1) is 7.82. The van der Waals surface area contributed by atoms with Crippen molar-refractivity contribution in [2.45, 2.75) is 12.6 Å². The normalized spacial score (nSPS) is 10.6. The summed E-state index contributed by atoms with van der Waals surface area (Å²) in [4.78, 5) is 10.1. The molecule has 0 aliphatic carbocycles. The Labute approximate surface area is 93.9 Å². The Hall–Kier alpha value is -2.03. The van der Waals surface area contributed by atoms with Crippen molar-refractivity contribution in [2.24, 2.45) is 0 Å². The molecule has 1 rings (SSSR count). The number of carbonyl (C=O) groups is 1. The van der Waals surface area contributed by atoms with E-state index in [-0.39, 0.29) is 0 Å². The van der Waals surface area contributed by atoms with Gasteiger partial charge in [-0.3, -0.25) is 4.79 Å². The lowest BCUT2D eigenvalue weighted by Gasteiger charge is -2.08. The molecule has 0 heterocycles. The fraction of sp³-hybridized carbons (Fsp3) is 0.182. The Bertz CT molecular complexity index is 494. The lowest BCUT2D eigenvalue weighted by molar-refractivity contribution is -0.140. The molecule has 0 saturated heterocycles. The largest absolute Gasteiger partial charge is 0.481 e. The van der Waals surface area contributed by atoms with Crippen LogP contribution in [0.15, 0.2) is 18.2 Å². The Morgan fingerprint density at radius 3 is 2.53 bits per heavy atom. The van der Waals surface area contributed by atoms with E-state index in [4.69, 9.17) is 5.11 Å². The summed E-state index contributed by atoms with van der Waals surface area (Å²) in [5.74, 6) is 1.39. The van der Waals surface area contributed by atoms with Crippen LogP contribution in [-0.2, 0) is 11.0 Å². The number of rotatable bonds is 1. The molecule has 0 bridgehead atoms. The molecule has 1 N–H and O–H groups in total. The van der Waals surface area contributed by atoms with E-state index in [9.17, 15) is 22.4 Å². The standard InChI is InChI=1S/C11H6F4O2/c12-10-7(4-2-6-9(16)17)3-1-5-8(10)11(13,14)15/h1,3,5H,6H2,(H,16,17). The zero-order valence-corrected chi connectivity index (χ0v) is 8.31. The van der Waals surface area contributed by atoms with Gasteiger partial charge in [0.15, 0.2) is 5.82 Å². The summed E-state index contributed by atoms with van der Waals surface area (Å²) < 4.78 is 50.2. The first kappa shape index (κ1) is 13.0. The molecule has 1 aromatic rings. The Morgan fingerprint density at radius 1 is 1.35 bits per heavy atom. The van der Waals surface area contributed by atoms with Gasteiger partial charge < -0.3 is 5.11 Å². The molecular weight excluding hydrogens is 240 g/mol. The van der Waals surface area contributed by atoms with Crippen molar-refractivity contribution in [3.05, 3.63) is 35.1 Å². The van der Waals surface area contributed by atoms with Crippen LogP contribution in [0.5, 0.6) is 0 Å². The summed E-state index contributed by atoms with van der Waals surface area (Å²) in [6, 6.07) is 2.66. The quantitative estimate of drug-likeness (QED) is 0.611. The monoisotopic (exact) mass is 246 g/mol. The van der Waals surface area contributed by atoms with E-state index in [1.165, 1.54) is 0 Å². The SMILES string of the molecule is O=C(O)CC#Cc1cccc(C(F)(F)F)c1F. The molecule has 0 unspecified atom stereocenters. The molecule has 0 saturated carbocycles. The van der Waals surface area contributed by atoms with Gasteiger partial charge in [0, 0.05) is 0 Å². The highest BCUT2D eigenvalue weighted by molar-refractivity contribution is 5.70. The fourth-order valence-electron chi connectivity index (χ4n) is 1.06. The van der Waals surface area contributed by atoms with Gasteiger partial charge in [-0.15, -0.1) is 0 Å². The number of hydrogen-bond acceptors (Lipinski definition) is 1. The molecule has 6 heteroatoms. The van der Waals surface area contributed by atoms with Gasteiger partial charge in [-0.25, -0.2) is 4.39 Å². The first-order valence-corrected chi connectivity index (χ1v) is 4.38. The summed E-state index contributed by atoms with van der Waals surface area (Å²) in [5.41, 5.74) is -1.89. The zero-order valence-electron chi connectivity index (χ0n) is 8.31. The van der Waals surface area contributed by atoms with Crippen LogP contribution in [0.3, 0.4) is 0 Å². The van der Waals surface area contributed by atoms with Crippen LogP contribution >= 0.6 is 0 Å². The molecule has 1 aromatic carbocycles. The van der Waals surface area contributed by atoms with Crippen molar-refractivity contribution in [3.63, 3.8) is 0 Å². The number of carboxylic acid groups (broad SMARTS) is 1. The van der Waals surface area contributed by atoms with Crippen molar-refractivity contribution < 1.29 is 27.5 Å². The zero-order chi connectivity index (χ0) is 13.1. The number of halogens is 4. The van der Waals surface area contributed by atoms with Gasteiger partial charge in [0.25, 0.3) is 0 Å². The van der Waals surface area contributed by atoms with Crippen molar-refractivity contribution in [1.29, 1.82) is 0 Å². The summed E-state index contributed by atoms with van der Waals surface area (Å²) >= 11 is 0. The minimum absolute atomic E-state index is 0.471. The van der Waals surface area contributed by atoms with Gasteiger partial charge in [-0.2, -0.15) is 13.2 Å². The van der Waals surface area contributed by atoms with Gasteiger partial charge >= 0.3 is 12.1 Å². The van der Waals surface area contributed by atoms with Crippen LogP contribution in [-0.4, -0.2) is 11.1 Å². The van der Waals surface area contributed by atoms with E-state index in [0.717, 1.165) is 12.1 Å². The van der Waals surface area contributed by atoms with E-state index in [1.54, 1.807) is 0 Å². The highest BCUT2D eigenvalue weighted by Crippen LogP contribution is 2.32. The third-order valence-corrected chi connectivity index (χ3v) is 1.77. The van der Waals surface area contributed by atoms with Crippen LogP contribution in [0.25, 0.3) is 0 Å². The predicted molar refractivity (Wildman–Crippen MR) is 50.5 cm³/mol. The summed E-state index contributed by atoms with van der Waals surface area (Å²) in [6.45, 7) is 0. The molecule has 90 valence electrons. The number of aliphatic carboxylic acids is 1. The average Bonchev–Trinajstić information content (AvgIpc) is 2.18. The van der Waals surface area contributed by atoms with E-state index >= 15 is 0 Å². The molecule has 0 aliphatic heterocycles. The molecule has 17 heavy (non-hydrogen) atoms. The number of hydrogen-bond donors (Lipinski definition) is 1. The van der Waals surface area contributed by atoms with Gasteiger partial charge in [-0.05, 0) is 12.1 Å². The van der Waals surface area contributed by atoms with Gasteiger partial charge in [0.1, 0.15) is 6.42 Å². The molecule has 0 spiro atoms. The number of benzene rings is 1. The van der Waals surface area contributed by atoms with Crippen molar-refractivity contribution in [2.75, 3.05) is 0 Å². The summed E-state index contributed by atoms with van der Waals surface area (Å²) in [5, 5.41) is 8.27. The molecule has 0 radical (unpaired) electrons. The molecule has 0 aromatic heterocycles. The van der Waals surface area contributed by atoms with Crippen molar-refractivity contribution >= 4 is 5.97 Å². The summed E-state index contributed by atoms with van der Waals surface area (Å²) in [6.07, 6.45) is -5.36.